The summed E-state index contributed by atoms with van der Waals surface area (Å²) < 4.78 is 0. The van der Waals surface area contributed by atoms with Gasteiger partial charge in [0.2, 0.25) is 0 Å². The fourth-order valence-corrected chi connectivity index (χ4v) is 0. The van der Waals surface area contributed by atoms with E-state index in [1.807, 2.05) is 0 Å². The first kappa shape index (κ1) is 29.2. The quantitative estimate of drug-likeness (QED) is 0.482. The fraction of sp³-hybridized carbons (Fsp3) is 1.00. The molecule has 0 aliphatic heterocycles. The Hall–Kier alpha value is 0. The predicted molar refractivity (Wildman–Crippen MR) is 75.2 cm³/mol. The van der Waals surface area contributed by atoms with Crippen LogP contribution < -0.4 is 0 Å². The maximum atomic E-state index is 2.18. The second-order valence-corrected chi connectivity index (χ2v) is 3.00. The molecule has 94 valence electrons. The Bertz CT molecular complexity index is 15.5. The summed E-state index contributed by atoms with van der Waals surface area (Å²) in [6.07, 6.45) is 7.92. The lowest BCUT2D eigenvalue weighted by molar-refractivity contribution is 0.886. The minimum Gasteiger partial charge on any atom is -0.0776 e. The van der Waals surface area contributed by atoms with Gasteiger partial charge in [-0.15, -0.1) is 0 Å². The van der Waals surface area contributed by atoms with E-state index in [0.717, 1.165) is 0 Å². The van der Waals surface area contributed by atoms with Gasteiger partial charge in [0.05, 0.1) is 0 Å². The van der Waals surface area contributed by atoms with Gasteiger partial charge < -0.3 is 0 Å². The van der Waals surface area contributed by atoms with Gasteiger partial charge in [-0.05, 0) is 0 Å². The van der Waals surface area contributed by atoms with Gasteiger partial charge in [-0.25, -0.2) is 0 Å². The molecule has 0 heterocycles. The Morgan fingerprint density at radius 1 is 0.357 bits per heavy atom. The van der Waals surface area contributed by atoms with Crippen LogP contribution in [0.3, 0.4) is 0 Å². The molecule has 0 aromatic heterocycles. The SMILES string of the molecule is C.C.CCCC.CCCC.CCCC. The van der Waals surface area contributed by atoms with Crippen molar-refractivity contribution in [3.8, 4) is 0 Å². The molecule has 0 nitrogen and oxygen atoms in total. The van der Waals surface area contributed by atoms with E-state index in [9.17, 15) is 0 Å². The summed E-state index contributed by atoms with van der Waals surface area (Å²) in [7, 11) is 0. The molecule has 0 bridgehead atoms. The zero-order valence-electron chi connectivity index (χ0n) is 10.2. The average molecular weight is 206 g/mol. The van der Waals surface area contributed by atoms with Crippen molar-refractivity contribution >= 4 is 0 Å². The van der Waals surface area contributed by atoms with Gasteiger partial charge in [0, 0.05) is 0 Å². The van der Waals surface area contributed by atoms with E-state index in [-0.39, 0.29) is 14.9 Å². The first-order chi connectivity index (χ1) is 5.74. The van der Waals surface area contributed by atoms with Crippen molar-refractivity contribution in [2.45, 2.75) is 94.9 Å². The van der Waals surface area contributed by atoms with E-state index in [1.54, 1.807) is 0 Å². The van der Waals surface area contributed by atoms with E-state index in [0.29, 0.717) is 0 Å². The molecule has 0 saturated heterocycles. The Morgan fingerprint density at radius 2 is 0.429 bits per heavy atom. The van der Waals surface area contributed by atoms with Crippen LogP contribution in [0.4, 0.5) is 0 Å². The summed E-state index contributed by atoms with van der Waals surface area (Å²) in [6, 6.07) is 0. The van der Waals surface area contributed by atoms with E-state index < -0.39 is 0 Å². The number of unbranched alkanes of at least 4 members (excludes halogenated alkanes) is 3. The molecule has 0 unspecified atom stereocenters. The highest BCUT2D eigenvalue weighted by atomic mass is 13.6. The molecule has 0 fully saturated rings. The molecule has 0 heteroatoms. The lowest BCUT2D eigenvalue weighted by Crippen LogP contribution is -1.47. The molecule has 0 N–H and O–H groups in total. The van der Waals surface area contributed by atoms with Crippen molar-refractivity contribution < 1.29 is 0 Å². The third-order valence-electron chi connectivity index (χ3n) is 1.50. The third kappa shape index (κ3) is 161. The lowest BCUT2D eigenvalue weighted by Gasteiger charge is -1.68. The number of hydrogen-bond donors (Lipinski definition) is 0. The monoisotopic (exact) mass is 206 g/mol. The molecule has 0 atom stereocenters. The first-order valence-electron chi connectivity index (χ1n) is 5.74. The van der Waals surface area contributed by atoms with Crippen LogP contribution in [-0.2, 0) is 0 Å². The zero-order chi connectivity index (χ0) is 10.2. The van der Waals surface area contributed by atoms with Crippen LogP contribution in [0.1, 0.15) is 94.9 Å². The minimum atomic E-state index is 0. The van der Waals surface area contributed by atoms with Crippen molar-refractivity contribution in [2.24, 2.45) is 0 Å². The maximum Gasteiger partial charge on any atom is -0.0564 e. The minimum absolute atomic E-state index is 0. The summed E-state index contributed by atoms with van der Waals surface area (Å²) in [5.74, 6) is 0. The highest BCUT2D eigenvalue weighted by Crippen LogP contribution is 1.77. The van der Waals surface area contributed by atoms with Crippen LogP contribution in [-0.4, -0.2) is 0 Å². The number of rotatable bonds is 3. The van der Waals surface area contributed by atoms with Gasteiger partial charge in [-0.2, -0.15) is 0 Å². The normalized spacial score (nSPS) is 6.43. The van der Waals surface area contributed by atoms with Gasteiger partial charge in [-0.3, -0.25) is 0 Å². The Balaban J connectivity index is -0.0000000270. The Morgan fingerprint density at radius 3 is 0.429 bits per heavy atom. The van der Waals surface area contributed by atoms with E-state index in [1.165, 1.54) is 38.5 Å². The van der Waals surface area contributed by atoms with Crippen molar-refractivity contribution in [2.75, 3.05) is 0 Å². The lowest BCUT2D eigenvalue weighted by atomic mass is 10.4. The Kier molecular flexibility index (Phi) is 108. The highest BCUT2D eigenvalue weighted by molar-refractivity contribution is 4.13. The molecule has 0 radical (unpaired) electrons. The average Bonchev–Trinajstić information content (AvgIpc) is 2.18. The first-order valence-corrected chi connectivity index (χ1v) is 5.74. The molecule has 0 rings (SSSR count). The van der Waals surface area contributed by atoms with E-state index in [4.69, 9.17) is 0 Å². The zero-order valence-corrected chi connectivity index (χ0v) is 10.2. The molecular weight excluding hydrogens is 168 g/mol. The van der Waals surface area contributed by atoms with Crippen molar-refractivity contribution in [3.63, 3.8) is 0 Å². The van der Waals surface area contributed by atoms with Crippen molar-refractivity contribution in [1.29, 1.82) is 0 Å². The van der Waals surface area contributed by atoms with Crippen LogP contribution in [0.2, 0.25) is 0 Å². The van der Waals surface area contributed by atoms with Crippen LogP contribution in [0, 0.1) is 0 Å². The molecule has 0 spiro atoms. The summed E-state index contributed by atoms with van der Waals surface area (Å²) in [4.78, 5) is 0. The maximum absolute atomic E-state index is 2.18. The standard InChI is InChI=1S/3C4H10.2CH4/c3*1-3-4-2;;/h3*3-4H2,1-2H3;2*1H4. The molecular formula is C14H38. The van der Waals surface area contributed by atoms with Crippen LogP contribution in [0.25, 0.3) is 0 Å². The van der Waals surface area contributed by atoms with Crippen LogP contribution >= 0.6 is 0 Å². The van der Waals surface area contributed by atoms with Gasteiger partial charge in [0.15, 0.2) is 0 Å². The predicted octanol–water partition coefficient (Wildman–Crippen LogP) is 6.69. The second kappa shape index (κ2) is 52.0. The third-order valence-corrected chi connectivity index (χ3v) is 1.50. The molecule has 0 aromatic rings. The topological polar surface area (TPSA) is 0 Å². The van der Waals surface area contributed by atoms with Crippen molar-refractivity contribution in [3.05, 3.63) is 0 Å². The van der Waals surface area contributed by atoms with E-state index in [2.05, 4.69) is 41.5 Å². The molecule has 0 amide bonds. The molecule has 0 saturated carbocycles. The van der Waals surface area contributed by atoms with Crippen LogP contribution in [0.15, 0.2) is 0 Å². The van der Waals surface area contributed by atoms with Gasteiger partial charge in [0.25, 0.3) is 0 Å². The highest BCUT2D eigenvalue weighted by Gasteiger charge is 1.57. The smallest absolute Gasteiger partial charge is 0.0564 e. The largest absolute Gasteiger partial charge is 0.0776 e. The van der Waals surface area contributed by atoms with Crippen LogP contribution in [0.5, 0.6) is 0 Å². The van der Waals surface area contributed by atoms with Crippen molar-refractivity contribution in [1.82, 2.24) is 0 Å². The molecule has 14 heavy (non-hydrogen) atoms. The summed E-state index contributed by atoms with van der Waals surface area (Å²) in [5.41, 5.74) is 0. The summed E-state index contributed by atoms with van der Waals surface area (Å²) in [5, 5.41) is 0. The van der Waals surface area contributed by atoms with E-state index >= 15 is 0 Å². The van der Waals surface area contributed by atoms with Gasteiger partial charge in [-0.1, -0.05) is 94.9 Å². The van der Waals surface area contributed by atoms with Gasteiger partial charge >= 0.3 is 0 Å². The second-order valence-electron chi connectivity index (χ2n) is 3.00. The molecule has 0 aromatic carbocycles. The fourth-order valence-electron chi connectivity index (χ4n) is 0. The Labute approximate surface area is 95.5 Å². The van der Waals surface area contributed by atoms with Gasteiger partial charge in [0.1, 0.15) is 0 Å². The summed E-state index contributed by atoms with van der Waals surface area (Å²) >= 11 is 0. The summed E-state index contributed by atoms with van der Waals surface area (Å²) in [6.45, 7) is 13.1. The molecule has 0 aliphatic rings. The molecule has 0 aliphatic carbocycles. The number of hydrogen-bond acceptors (Lipinski definition) is 0.